The van der Waals surface area contributed by atoms with Crippen LogP contribution in [0, 0.1) is 0 Å². The molecule has 0 fully saturated rings. The molecule has 0 N–H and O–H groups in total. The Bertz CT molecular complexity index is 431. The molecule has 2 nitrogen and oxygen atoms in total. The predicted molar refractivity (Wildman–Crippen MR) is 139 cm³/mol. The standard InChI is InChI=1S/C28H52O2S/c1-3-5-7-9-11-13-15-17-19-21-24-29-27-23-26-31-28(27)30-25-22-20-18-16-14-12-10-8-6-4-2/h23,26H,3-22,24-25H2,1-2H3. The lowest BCUT2D eigenvalue weighted by atomic mass is 10.1. The lowest BCUT2D eigenvalue weighted by Gasteiger charge is -2.09. The van der Waals surface area contributed by atoms with Gasteiger partial charge < -0.3 is 9.47 Å². The molecule has 0 aliphatic carbocycles. The van der Waals surface area contributed by atoms with Gasteiger partial charge in [-0.25, -0.2) is 0 Å². The fourth-order valence-electron chi connectivity index (χ4n) is 4.02. The number of unbranched alkanes of at least 4 members (excludes halogenated alkanes) is 18. The molecule has 0 aromatic carbocycles. The second-order valence-corrected chi connectivity index (χ2v) is 10.0. The van der Waals surface area contributed by atoms with Crippen molar-refractivity contribution in [3.63, 3.8) is 0 Å². The third-order valence-corrected chi connectivity index (χ3v) is 6.89. The van der Waals surface area contributed by atoms with Crippen molar-refractivity contribution in [2.45, 2.75) is 142 Å². The van der Waals surface area contributed by atoms with Gasteiger partial charge in [0, 0.05) is 0 Å². The highest BCUT2D eigenvalue weighted by atomic mass is 32.1. The Hall–Kier alpha value is -0.700. The molecule has 0 unspecified atom stereocenters. The molecule has 0 amide bonds. The number of ether oxygens (including phenoxy) is 2. The maximum absolute atomic E-state index is 5.99. The average Bonchev–Trinajstić information content (AvgIpc) is 3.23. The molecule has 182 valence electrons. The zero-order valence-electron chi connectivity index (χ0n) is 20.9. The van der Waals surface area contributed by atoms with Crippen molar-refractivity contribution in [1.82, 2.24) is 0 Å². The predicted octanol–water partition coefficient (Wildman–Crippen LogP) is 10.3. The van der Waals surface area contributed by atoms with E-state index in [1.807, 2.05) is 0 Å². The Morgan fingerprint density at radius 2 is 0.903 bits per heavy atom. The van der Waals surface area contributed by atoms with E-state index in [1.54, 1.807) is 11.3 Å². The second-order valence-electron chi connectivity index (χ2n) is 9.13. The molecular formula is C28H52O2S. The van der Waals surface area contributed by atoms with E-state index in [9.17, 15) is 0 Å². The molecule has 1 heterocycles. The summed E-state index contributed by atoms with van der Waals surface area (Å²) >= 11 is 1.67. The van der Waals surface area contributed by atoms with E-state index in [4.69, 9.17) is 9.47 Å². The Kier molecular flexibility index (Phi) is 20.6. The van der Waals surface area contributed by atoms with E-state index in [2.05, 4.69) is 25.3 Å². The first-order chi connectivity index (χ1) is 15.4. The lowest BCUT2D eigenvalue weighted by Crippen LogP contribution is -2.00. The van der Waals surface area contributed by atoms with Crippen LogP contribution in [0.5, 0.6) is 10.8 Å². The molecular weight excluding hydrogens is 400 g/mol. The number of hydrogen-bond acceptors (Lipinski definition) is 3. The minimum absolute atomic E-state index is 0.821. The van der Waals surface area contributed by atoms with E-state index < -0.39 is 0 Å². The highest BCUT2D eigenvalue weighted by molar-refractivity contribution is 7.12. The lowest BCUT2D eigenvalue weighted by molar-refractivity contribution is 0.265. The summed E-state index contributed by atoms with van der Waals surface area (Å²) in [4.78, 5) is 0. The maximum Gasteiger partial charge on any atom is 0.216 e. The third kappa shape index (κ3) is 17.5. The number of thiophene rings is 1. The molecule has 0 atom stereocenters. The van der Waals surface area contributed by atoms with Gasteiger partial charge in [0.25, 0.3) is 0 Å². The highest BCUT2D eigenvalue weighted by Crippen LogP contribution is 2.34. The van der Waals surface area contributed by atoms with Gasteiger partial charge in [-0.05, 0) is 24.3 Å². The molecule has 0 aliphatic heterocycles. The van der Waals surface area contributed by atoms with Crippen molar-refractivity contribution in [3.8, 4) is 10.8 Å². The topological polar surface area (TPSA) is 18.5 Å². The van der Waals surface area contributed by atoms with Gasteiger partial charge in [-0.3, -0.25) is 0 Å². The summed E-state index contributed by atoms with van der Waals surface area (Å²) in [6.07, 6.45) is 27.2. The van der Waals surface area contributed by atoms with Gasteiger partial charge in [0.05, 0.1) is 13.2 Å². The first kappa shape index (κ1) is 28.3. The van der Waals surface area contributed by atoms with Crippen LogP contribution in [-0.2, 0) is 0 Å². The Morgan fingerprint density at radius 3 is 1.35 bits per heavy atom. The third-order valence-electron chi connectivity index (χ3n) is 6.08. The molecule has 31 heavy (non-hydrogen) atoms. The van der Waals surface area contributed by atoms with Gasteiger partial charge in [0.1, 0.15) is 0 Å². The van der Waals surface area contributed by atoms with Crippen molar-refractivity contribution in [3.05, 3.63) is 11.4 Å². The molecule has 1 rings (SSSR count). The van der Waals surface area contributed by atoms with Crippen LogP contribution >= 0.6 is 11.3 Å². The molecule has 0 spiro atoms. The molecule has 1 aromatic rings. The number of rotatable bonds is 24. The van der Waals surface area contributed by atoms with E-state index >= 15 is 0 Å². The van der Waals surface area contributed by atoms with Crippen molar-refractivity contribution in [1.29, 1.82) is 0 Å². The zero-order chi connectivity index (χ0) is 22.2. The summed E-state index contributed by atoms with van der Waals surface area (Å²) in [5.74, 6) is 0.952. The minimum Gasteiger partial charge on any atom is -0.489 e. The smallest absolute Gasteiger partial charge is 0.216 e. The molecule has 0 aliphatic rings. The van der Waals surface area contributed by atoms with Crippen LogP contribution in [-0.4, -0.2) is 13.2 Å². The molecule has 0 radical (unpaired) electrons. The SMILES string of the molecule is CCCCCCCCCCCCOc1ccsc1OCCCCCCCCCCCC. The summed E-state index contributed by atoms with van der Waals surface area (Å²) < 4.78 is 12.0. The monoisotopic (exact) mass is 452 g/mol. The first-order valence-electron chi connectivity index (χ1n) is 13.7. The Labute approximate surface area is 198 Å². The summed E-state index contributed by atoms with van der Waals surface area (Å²) in [6.45, 7) is 6.21. The van der Waals surface area contributed by atoms with Gasteiger partial charge in [-0.1, -0.05) is 129 Å². The highest BCUT2D eigenvalue weighted by Gasteiger charge is 2.06. The first-order valence-corrected chi connectivity index (χ1v) is 14.6. The summed E-state index contributed by atoms with van der Waals surface area (Å²) in [6, 6.07) is 2.06. The number of hydrogen-bond donors (Lipinski definition) is 0. The Balaban J connectivity index is 1.91. The fourth-order valence-corrected chi connectivity index (χ4v) is 4.73. The van der Waals surface area contributed by atoms with E-state index in [0.29, 0.717) is 0 Å². The van der Waals surface area contributed by atoms with Crippen molar-refractivity contribution in [2.75, 3.05) is 13.2 Å². The largest absolute Gasteiger partial charge is 0.489 e. The quantitative estimate of drug-likeness (QED) is 0.145. The van der Waals surface area contributed by atoms with Gasteiger partial charge >= 0.3 is 0 Å². The molecule has 0 saturated carbocycles. The van der Waals surface area contributed by atoms with Crippen LogP contribution in [0.1, 0.15) is 142 Å². The fraction of sp³-hybridized carbons (Fsp3) is 0.857. The summed E-state index contributed by atoms with van der Waals surface area (Å²) in [7, 11) is 0. The Morgan fingerprint density at radius 1 is 0.516 bits per heavy atom. The molecule has 3 heteroatoms. The molecule has 0 saturated heterocycles. The second kappa shape index (κ2) is 22.5. The van der Waals surface area contributed by atoms with Gasteiger partial charge in [-0.2, -0.15) is 0 Å². The van der Waals surface area contributed by atoms with Gasteiger partial charge in [0.15, 0.2) is 5.75 Å². The summed E-state index contributed by atoms with van der Waals surface area (Å²) in [5, 5.41) is 3.06. The summed E-state index contributed by atoms with van der Waals surface area (Å²) in [5.41, 5.74) is 0. The zero-order valence-corrected chi connectivity index (χ0v) is 21.8. The van der Waals surface area contributed by atoms with Crippen LogP contribution in [0.4, 0.5) is 0 Å². The van der Waals surface area contributed by atoms with Crippen molar-refractivity contribution < 1.29 is 9.47 Å². The van der Waals surface area contributed by atoms with E-state index in [-0.39, 0.29) is 0 Å². The molecule has 1 aromatic heterocycles. The van der Waals surface area contributed by atoms with Crippen molar-refractivity contribution >= 4 is 11.3 Å². The molecule has 0 bridgehead atoms. The van der Waals surface area contributed by atoms with Crippen molar-refractivity contribution in [2.24, 2.45) is 0 Å². The van der Waals surface area contributed by atoms with Crippen LogP contribution in [0.2, 0.25) is 0 Å². The average molecular weight is 453 g/mol. The van der Waals surface area contributed by atoms with Crippen LogP contribution in [0.25, 0.3) is 0 Å². The minimum atomic E-state index is 0.821. The van der Waals surface area contributed by atoms with E-state index in [1.165, 1.54) is 116 Å². The van der Waals surface area contributed by atoms with Gasteiger partial charge in [0.2, 0.25) is 5.06 Å². The van der Waals surface area contributed by atoms with Crippen LogP contribution < -0.4 is 9.47 Å². The van der Waals surface area contributed by atoms with Gasteiger partial charge in [-0.15, -0.1) is 11.3 Å². The maximum atomic E-state index is 5.99. The van der Waals surface area contributed by atoms with E-state index in [0.717, 1.165) is 36.9 Å². The normalized spacial score (nSPS) is 11.2. The van der Waals surface area contributed by atoms with Crippen LogP contribution in [0.15, 0.2) is 11.4 Å². The van der Waals surface area contributed by atoms with Crippen LogP contribution in [0.3, 0.4) is 0 Å².